The fraction of sp³-hybridized carbons (Fsp3) is 0.706. The van der Waals surface area contributed by atoms with E-state index in [1.807, 2.05) is 6.92 Å². The second kappa shape index (κ2) is 5.97. The van der Waals surface area contributed by atoms with Crippen LogP contribution < -0.4 is 0 Å². The van der Waals surface area contributed by atoms with Gasteiger partial charge in [-0.05, 0) is 33.1 Å². The lowest BCUT2D eigenvalue weighted by atomic mass is 10.2. The van der Waals surface area contributed by atoms with Crippen LogP contribution in [-0.2, 0) is 18.3 Å². The summed E-state index contributed by atoms with van der Waals surface area (Å²) in [5, 5.41) is 8.85. The molecule has 0 aromatic carbocycles. The number of nitrogens with one attached hydrogen (secondary N) is 1. The number of ether oxygens (including phenoxy) is 1. The monoisotopic (exact) mass is 330 g/mol. The Kier molecular flexibility index (Phi) is 3.92. The average molecular weight is 330 g/mol. The quantitative estimate of drug-likeness (QED) is 0.908. The van der Waals surface area contributed by atoms with E-state index in [0.717, 1.165) is 48.4 Å². The standard InChI is InChI=1S/C17H26N6O/c1-10-11(2)19-16(18-10)14-7-13(24-4)8-23(14)9-15-20-21-17(22(15)3)12-5-6-12/h12-14H,5-9H2,1-4H3,(H,18,19)/t13-,14+/m1/s1. The van der Waals surface area contributed by atoms with Gasteiger partial charge in [0.25, 0.3) is 0 Å². The van der Waals surface area contributed by atoms with E-state index >= 15 is 0 Å². The number of hydrogen-bond acceptors (Lipinski definition) is 5. The first-order valence-electron chi connectivity index (χ1n) is 8.75. The highest BCUT2D eigenvalue weighted by Gasteiger charge is 2.36. The van der Waals surface area contributed by atoms with Crippen molar-refractivity contribution in [2.24, 2.45) is 7.05 Å². The molecule has 0 amide bonds. The van der Waals surface area contributed by atoms with E-state index in [-0.39, 0.29) is 12.1 Å². The summed E-state index contributed by atoms with van der Waals surface area (Å²) in [4.78, 5) is 10.6. The van der Waals surface area contributed by atoms with Gasteiger partial charge in [-0.15, -0.1) is 10.2 Å². The van der Waals surface area contributed by atoms with Crippen molar-refractivity contribution in [3.05, 3.63) is 28.9 Å². The zero-order chi connectivity index (χ0) is 16.8. The molecule has 1 N–H and O–H groups in total. The highest BCUT2D eigenvalue weighted by molar-refractivity contribution is 5.15. The summed E-state index contributed by atoms with van der Waals surface area (Å²) in [5.74, 6) is 3.81. The van der Waals surface area contributed by atoms with E-state index in [4.69, 9.17) is 9.72 Å². The second-order valence-corrected chi connectivity index (χ2v) is 7.18. The SMILES string of the molecule is CO[C@@H]1C[C@@H](c2nc(C)c(C)[nH]2)N(Cc2nnc(C3CC3)n2C)C1. The average Bonchev–Trinajstić information content (AvgIpc) is 3.10. The Balaban J connectivity index is 1.57. The number of rotatable bonds is 5. The minimum Gasteiger partial charge on any atom is -0.380 e. The van der Waals surface area contributed by atoms with Crippen LogP contribution in [-0.4, -0.2) is 49.4 Å². The van der Waals surface area contributed by atoms with Crippen LogP contribution in [0.4, 0.5) is 0 Å². The summed E-state index contributed by atoms with van der Waals surface area (Å²) < 4.78 is 7.80. The van der Waals surface area contributed by atoms with Gasteiger partial charge in [-0.2, -0.15) is 0 Å². The van der Waals surface area contributed by atoms with Crippen LogP contribution >= 0.6 is 0 Å². The number of aromatic amines is 1. The molecular formula is C17H26N6O. The summed E-state index contributed by atoms with van der Waals surface area (Å²) in [6.45, 7) is 5.79. The van der Waals surface area contributed by atoms with Crippen molar-refractivity contribution in [3.8, 4) is 0 Å². The third-order valence-corrected chi connectivity index (χ3v) is 5.45. The van der Waals surface area contributed by atoms with Crippen LogP contribution in [0.15, 0.2) is 0 Å². The summed E-state index contributed by atoms with van der Waals surface area (Å²) in [6, 6.07) is 0.239. The Morgan fingerprint density at radius 1 is 1.25 bits per heavy atom. The van der Waals surface area contributed by atoms with Gasteiger partial charge < -0.3 is 14.3 Å². The predicted molar refractivity (Wildman–Crippen MR) is 89.6 cm³/mol. The van der Waals surface area contributed by atoms with Crippen LogP contribution in [0.2, 0.25) is 0 Å². The summed E-state index contributed by atoms with van der Waals surface area (Å²) >= 11 is 0. The van der Waals surface area contributed by atoms with Gasteiger partial charge in [0.1, 0.15) is 17.5 Å². The molecule has 3 heterocycles. The molecule has 0 unspecified atom stereocenters. The Morgan fingerprint density at radius 2 is 2.04 bits per heavy atom. The summed E-state index contributed by atoms with van der Waals surface area (Å²) in [7, 11) is 3.88. The Bertz CT molecular complexity index is 712. The number of nitrogens with zero attached hydrogens (tertiary/aromatic N) is 5. The molecule has 0 spiro atoms. The summed E-state index contributed by atoms with van der Waals surface area (Å²) in [6.07, 6.45) is 3.68. The highest BCUT2D eigenvalue weighted by Crippen LogP contribution is 2.39. The third-order valence-electron chi connectivity index (χ3n) is 5.45. The lowest BCUT2D eigenvalue weighted by molar-refractivity contribution is 0.106. The molecule has 1 saturated heterocycles. The van der Waals surface area contributed by atoms with Crippen LogP contribution in [0.1, 0.15) is 60.1 Å². The molecule has 0 radical (unpaired) electrons. The van der Waals surface area contributed by atoms with E-state index in [2.05, 4.69) is 38.6 Å². The number of H-pyrrole nitrogens is 1. The molecule has 2 aliphatic rings. The third kappa shape index (κ3) is 2.75. The number of hydrogen-bond donors (Lipinski definition) is 1. The Labute approximate surface area is 142 Å². The van der Waals surface area contributed by atoms with Gasteiger partial charge in [-0.1, -0.05) is 0 Å². The zero-order valence-corrected chi connectivity index (χ0v) is 14.9. The van der Waals surface area contributed by atoms with Gasteiger partial charge in [0, 0.05) is 32.3 Å². The fourth-order valence-corrected chi connectivity index (χ4v) is 3.62. The minimum atomic E-state index is 0.233. The Hall–Kier alpha value is -1.73. The van der Waals surface area contributed by atoms with E-state index in [0.29, 0.717) is 5.92 Å². The second-order valence-electron chi connectivity index (χ2n) is 7.18. The number of imidazole rings is 1. The lowest BCUT2D eigenvalue weighted by Gasteiger charge is -2.22. The molecule has 130 valence electrons. The van der Waals surface area contributed by atoms with Gasteiger partial charge in [-0.25, -0.2) is 4.98 Å². The first-order chi connectivity index (χ1) is 11.6. The van der Waals surface area contributed by atoms with Crippen molar-refractivity contribution >= 4 is 0 Å². The van der Waals surface area contributed by atoms with Gasteiger partial charge >= 0.3 is 0 Å². The van der Waals surface area contributed by atoms with Gasteiger partial charge in [0.05, 0.1) is 24.4 Å². The van der Waals surface area contributed by atoms with Crippen LogP contribution in [0.3, 0.4) is 0 Å². The molecule has 1 aliphatic heterocycles. The van der Waals surface area contributed by atoms with Crippen LogP contribution in [0, 0.1) is 13.8 Å². The molecule has 24 heavy (non-hydrogen) atoms. The number of aryl methyl sites for hydroxylation is 2. The summed E-state index contributed by atoms with van der Waals surface area (Å²) in [5.41, 5.74) is 2.21. The van der Waals surface area contributed by atoms with Crippen molar-refractivity contribution in [1.29, 1.82) is 0 Å². The van der Waals surface area contributed by atoms with Crippen molar-refractivity contribution in [3.63, 3.8) is 0 Å². The molecule has 7 nitrogen and oxygen atoms in total. The molecule has 0 bridgehead atoms. The lowest BCUT2D eigenvalue weighted by Crippen LogP contribution is -2.27. The molecule has 1 aliphatic carbocycles. The molecule has 2 aromatic rings. The molecule has 2 aromatic heterocycles. The zero-order valence-electron chi connectivity index (χ0n) is 14.9. The number of methoxy groups -OCH3 is 1. The smallest absolute Gasteiger partial charge is 0.146 e. The predicted octanol–water partition coefficient (Wildman–Crippen LogP) is 1.99. The topological polar surface area (TPSA) is 71.9 Å². The first-order valence-corrected chi connectivity index (χ1v) is 8.75. The molecule has 2 atom stereocenters. The van der Waals surface area contributed by atoms with Crippen molar-refractivity contribution < 1.29 is 4.74 Å². The number of likely N-dealkylation sites (tertiary alicyclic amines) is 1. The molecule has 1 saturated carbocycles. The van der Waals surface area contributed by atoms with Gasteiger partial charge in [0.15, 0.2) is 0 Å². The van der Waals surface area contributed by atoms with E-state index < -0.39 is 0 Å². The number of aromatic nitrogens is 5. The normalized spacial score (nSPS) is 24.8. The van der Waals surface area contributed by atoms with E-state index in [9.17, 15) is 0 Å². The fourth-order valence-electron chi connectivity index (χ4n) is 3.62. The van der Waals surface area contributed by atoms with Gasteiger partial charge in [0.2, 0.25) is 0 Å². The largest absolute Gasteiger partial charge is 0.380 e. The molecule has 7 heteroatoms. The van der Waals surface area contributed by atoms with Crippen LogP contribution in [0.5, 0.6) is 0 Å². The molecular weight excluding hydrogens is 304 g/mol. The van der Waals surface area contributed by atoms with E-state index in [1.165, 1.54) is 12.8 Å². The highest BCUT2D eigenvalue weighted by atomic mass is 16.5. The molecule has 2 fully saturated rings. The van der Waals surface area contributed by atoms with Crippen LogP contribution in [0.25, 0.3) is 0 Å². The van der Waals surface area contributed by atoms with Crippen molar-refractivity contribution in [2.75, 3.05) is 13.7 Å². The maximum absolute atomic E-state index is 5.63. The minimum absolute atomic E-state index is 0.233. The van der Waals surface area contributed by atoms with E-state index in [1.54, 1.807) is 7.11 Å². The maximum Gasteiger partial charge on any atom is 0.146 e. The van der Waals surface area contributed by atoms with Gasteiger partial charge in [-0.3, -0.25) is 4.90 Å². The maximum atomic E-state index is 5.63. The molecule has 4 rings (SSSR count). The first kappa shape index (κ1) is 15.8. The van der Waals surface area contributed by atoms with Crippen molar-refractivity contribution in [1.82, 2.24) is 29.6 Å². The van der Waals surface area contributed by atoms with Crippen molar-refractivity contribution in [2.45, 2.75) is 57.7 Å². The Morgan fingerprint density at radius 3 is 2.67 bits per heavy atom.